The molecule has 0 N–H and O–H groups in total. The summed E-state index contributed by atoms with van der Waals surface area (Å²) in [5, 5.41) is 1.34. The Labute approximate surface area is 184 Å². The Bertz CT molecular complexity index is 904. The molecule has 1 fully saturated rings. The summed E-state index contributed by atoms with van der Waals surface area (Å²) >= 11 is 15.9. The summed E-state index contributed by atoms with van der Waals surface area (Å²) in [5.41, 5.74) is 3.37. The molecule has 0 unspecified atom stereocenters. The molecule has 6 heteroatoms. The summed E-state index contributed by atoms with van der Waals surface area (Å²) in [6, 6.07) is 12.1. The number of piperidine rings is 1. The second-order valence-electron chi connectivity index (χ2n) is 7.84. The molecule has 28 heavy (non-hydrogen) atoms. The lowest BCUT2D eigenvalue weighted by Crippen LogP contribution is -2.46. The number of benzene rings is 2. The molecule has 2 atom stereocenters. The smallest absolute Gasteiger partial charge is 0.231 e. The van der Waals surface area contributed by atoms with E-state index in [1.165, 1.54) is 5.56 Å². The maximum Gasteiger partial charge on any atom is 0.231 e. The highest BCUT2D eigenvalue weighted by atomic mass is 79.9. The van der Waals surface area contributed by atoms with Gasteiger partial charge in [-0.15, -0.1) is 0 Å². The predicted molar refractivity (Wildman–Crippen MR) is 119 cm³/mol. The van der Waals surface area contributed by atoms with E-state index in [2.05, 4.69) is 39.9 Å². The van der Waals surface area contributed by atoms with E-state index in [0.717, 1.165) is 54.6 Å². The Balaban J connectivity index is 1.48. The van der Waals surface area contributed by atoms with Crippen molar-refractivity contribution < 1.29 is 4.79 Å². The van der Waals surface area contributed by atoms with E-state index in [1.54, 1.807) is 6.07 Å². The third-order valence-corrected chi connectivity index (χ3v) is 6.84. The lowest BCUT2D eigenvalue weighted by Gasteiger charge is -2.35. The molecule has 1 saturated heterocycles. The molecule has 2 heterocycles. The number of hydrogen-bond donors (Lipinski definition) is 0. The Kier molecular flexibility index (Phi) is 6.03. The molecule has 2 aliphatic heterocycles. The number of carbonyl (C=O) groups is 1. The largest absolute Gasteiger partial charge is 0.309 e. The molecule has 4 rings (SSSR count). The Morgan fingerprint density at radius 3 is 2.82 bits per heavy atom. The SMILES string of the molecule is C[C@@H]1Cc2cc(Br)ccc2N1C(=O)[C@@H]1CCCN(Cc2ccc(Cl)cc2Cl)C1. The number of hydrogen-bond acceptors (Lipinski definition) is 2. The minimum atomic E-state index is 0.0249. The summed E-state index contributed by atoms with van der Waals surface area (Å²) < 4.78 is 1.07. The van der Waals surface area contributed by atoms with Gasteiger partial charge in [0.25, 0.3) is 0 Å². The minimum Gasteiger partial charge on any atom is -0.309 e. The number of likely N-dealkylation sites (tertiary alicyclic amines) is 1. The molecule has 2 aromatic rings. The number of carbonyl (C=O) groups excluding carboxylic acids is 1. The van der Waals surface area contributed by atoms with Crippen molar-refractivity contribution in [2.45, 2.75) is 38.8 Å². The van der Waals surface area contributed by atoms with Crippen molar-refractivity contribution in [3.8, 4) is 0 Å². The number of anilines is 1. The lowest BCUT2D eigenvalue weighted by molar-refractivity contribution is -0.124. The average Bonchev–Trinajstić information content (AvgIpc) is 2.98. The number of amides is 1. The molecule has 2 aromatic carbocycles. The van der Waals surface area contributed by atoms with Gasteiger partial charge in [0, 0.05) is 39.3 Å². The first-order valence-corrected chi connectivity index (χ1v) is 11.2. The topological polar surface area (TPSA) is 23.6 Å². The molecule has 148 valence electrons. The van der Waals surface area contributed by atoms with Gasteiger partial charge in [-0.1, -0.05) is 45.2 Å². The van der Waals surface area contributed by atoms with Gasteiger partial charge in [-0.25, -0.2) is 0 Å². The van der Waals surface area contributed by atoms with Crippen LogP contribution in [0.5, 0.6) is 0 Å². The molecule has 3 nitrogen and oxygen atoms in total. The first kappa shape index (κ1) is 20.2. The first-order chi connectivity index (χ1) is 13.4. The highest BCUT2D eigenvalue weighted by Gasteiger charge is 2.36. The van der Waals surface area contributed by atoms with Crippen molar-refractivity contribution in [1.82, 2.24) is 4.90 Å². The summed E-state index contributed by atoms with van der Waals surface area (Å²) in [6.45, 7) is 4.65. The third-order valence-electron chi connectivity index (χ3n) is 5.76. The van der Waals surface area contributed by atoms with Crippen molar-refractivity contribution in [3.05, 3.63) is 62.0 Å². The van der Waals surface area contributed by atoms with Crippen LogP contribution in [-0.4, -0.2) is 29.9 Å². The van der Waals surface area contributed by atoms with E-state index in [-0.39, 0.29) is 17.9 Å². The lowest BCUT2D eigenvalue weighted by atomic mass is 9.95. The van der Waals surface area contributed by atoms with Crippen LogP contribution in [-0.2, 0) is 17.8 Å². The Morgan fingerprint density at radius 1 is 1.21 bits per heavy atom. The van der Waals surface area contributed by atoms with E-state index in [0.29, 0.717) is 10.0 Å². The number of rotatable bonds is 3. The maximum atomic E-state index is 13.4. The average molecular weight is 482 g/mol. The van der Waals surface area contributed by atoms with Gasteiger partial charge < -0.3 is 4.90 Å². The van der Waals surface area contributed by atoms with E-state index in [9.17, 15) is 4.79 Å². The summed E-state index contributed by atoms with van der Waals surface area (Å²) in [4.78, 5) is 17.8. The number of nitrogens with zero attached hydrogens (tertiary/aromatic N) is 2. The summed E-state index contributed by atoms with van der Waals surface area (Å²) in [6.07, 6.45) is 2.88. The number of halogens is 3. The van der Waals surface area contributed by atoms with Crippen LogP contribution < -0.4 is 4.90 Å². The molecular formula is C22H23BrCl2N2O. The van der Waals surface area contributed by atoms with Crippen LogP contribution in [0, 0.1) is 5.92 Å². The van der Waals surface area contributed by atoms with Gasteiger partial charge in [-0.05, 0) is 74.2 Å². The quantitative estimate of drug-likeness (QED) is 0.541. The van der Waals surface area contributed by atoms with Gasteiger partial charge in [-0.2, -0.15) is 0 Å². The fourth-order valence-electron chi connectivity index (χ4n) is 4.42. The fraction of sp³-hybridized carbons (Fsp3) is 0.409. The molecule has 0 spiro atoms. The highest BCUT2D eigenvalue weighted by molar-refractivity contribution is 9.10. The van der Waals surface area contributed by atoms with Gasteiger partial charge >= 0.3 is 0 Å². The highest BCUT2D eigenvalue weighted by Crippen LogP contribution is 2.36. The van der Waals surface area contributed by atoms with Crippen LogP contribution in [0.15, 0.2) is 40.9 Å². The maximum absolute atomic E-state index is 13.4. The Morgan fingerprint density at radius 2 is 2.04 bits per heavy atom. The van der Waals surface area contributed by atoms with Gasteiger partial charge in [0.15, 0.2) is 0 Å². The van der Waals surface area contributed by atoms with Crippen LogP contribution >= 0.6 is 39.1 Å². The van der Waals surface area contributed by atoms with Crippen molar-refractivity contribution in [1.29, 1.82) is 0 Å². The normalized spacial score (nSPS) is 22.4. The zero-order valence-corrected chi connectivity index (χ0v) is 18.9. The van der Waals surface area contributed by atoms with Crippen LogP contribution in [0.2, 0.25) is 10.0 Å². The van der Waals surface area contributed by atoms with Crippen LogP contribution in [0.1, 0.15) is 30.9 Å². The zero-order chi connectivity index (χ0) is 19.8. The molecule has 0 radical (unpaired) electrons. The monoisotopic (exact) mass is 480 g/mol. The van der Waals surface area contributed by atoms with E-state index < -0.39 is 0 Å². The van der Waals surface area contributed by atoms with Gasteiger partial charge in [-0.3, -0.25) is 9.69 Å². The van der Waals surface area contributed by atoms with E-state index in [4.69, 9.17) is 23.2 Å². The summed E-state index contributed by atoms with van der Waals surface area (Å²) in [5.74, 6) is 0.275. The van der Waals surface area contributed by atoms with Crippen molar-refractivity contribution in [2.24, 2.45) is 5.92 Å². The molecule has 0 aromatic heterocycles. The van der Waals surface area contributed by atoms with Gasteiger partial charge in [0.1, 0.15) is 0 Å². The molecule has 0 saturated carbocycles. The molecule has 1 amide bonds. The molecular weight excluding hydrogens is 459 g/mol. The van der Waals surface area contributed by atoms with Crippen molar-refractivity contribution in [2.75, 3.05) is 18.0 Å². The number of fused-ring (bicyclic) bond motifs is 1. The van der Waals surface area contributed by atoms with Crippen molar-refractivity contribution >= 4 is 50.7 Å². The molecule has 2 aliphatic rings. The standard InChI is InChI=1S/C22H23BrCl2N2O/c1-14-9-17-10-18(23)5-7-21(17)27(14)22(28)16-3-2-8-26(13-16)12-15-4-6-19(24)11-20(15)25/h4-7,10-11,14,16H,2-3,8-9,12-13H2,1H3/t14-,16-/m1/s1. The van der Waals surface area contributed by atoms with Crippen molar-refractivity contribution in [3.63, 3.8) is 0 Å². The molecule has 0 bridgehead atoms. The minimum absolute atomic E-state index is 0.0249. The van der Waals surface area contributed by atoms with Crippen LogP contribution in [0.3, 0.4) is 0 Å². The Hall–Kier alpha value is -1.07. The van der Waals surface area contributed by atoms with Gasteiger partial charge in [0.2, 0.25) is 5.91 Å². The first-order valence-electron chi connectivity index (χ1n) is 9.70. The van der Waals surface area contributed by atoms with E-state index >= 15 is 0 Å². The fourth-order valence-corrected chi connectivity index (χ4v) is 5.30. The second kappa shape index (κ2) is 8.35. The molecule has 0 aliphatic carbocycles. The van der Waals surface area contributed by atoms with Crippen LogP contribution in [0.4, 0.5) is 5.69 Å². The summed E-state index contributed by atoms with van der Waals surface area (Å²) in [7, 11) is 0. The van der Waals surface area contributed by atoms with E-state index in [1.807, 2.05) is 23.1 Å². The van der Waals surface area contributed by atoms with Crippen LogP contribution in [0.25, 0.3) is 0 Å². The zero-order valence-electron chi connectivity index (χ0n) is 15.8. The third kappa shape index (κ3) is 4.11. The predicted octanol–water partition coefficient (Wildman–Crippen LogP) is 5.95. The second-order valence-corrected chi connectivity index (χ2v) is 9.60. The van der Waals surface area contributed by atoms with Gasteiger partial charge in [0.05, 0.1) is 5.92 Å².